The molecule has 1 fully saturated rings. The molecule has 0 spiro atoms. The van der Waals surface area contributed by atoms with E-state index in [0.717, 1.165) is 27.9 Å². The highest BCUT2D eigenvalue weighted by molar-refractivity contribution is 6.05. The highest BCUT2D eigenvalue weighted by atomic mass is 16.2. The zero-order chi connectivity index (χ0) is 19.4. The lowest BCUT2D eigenvalue weighted by Gasteiger charge is -2.29. The minimum atomic E-state index is -0.621. The van der Waals surface area contributed by atoms with Crippen molar-refractivity contribution in [3.63, 3.8) is 0 Å². The maximum atomic E-state index is 12.8. The number of fused-ring (bicyclic) bond motifs is 2. The van der Waals surface area contributed by atoms with Gasteiger partial charge in [-0.25, -0.2) is 9.97 Å². The summed E-state index contributed by atoms with van der Waals surface area (Å²) in [6.45, 7) is 0.327. The molecule has 1 N–H and O–H groups in total. The van der Waals surface area contributed by atoms with Crippen molar-refractivity contribution in [3.05, 3.63) is 41.9 Å². The molecule has 0 radical (unpaired) electrons. The molecule has 1 aromatic carbocycles. The predicted molar refractivity (Wildman–Crippen MR) is 97.8 cm³/mol. The van der Waals surface area contributed by atoms with Gasteiger partial charge in [0, 0.05) is 31.1 Å². The van der Waals surface area contributed by atoms with Gasteiger partial charge in [0.05, 0.1) is 11.9 Å². The normalized spacial score (nSPS) is 19.2. The molecule has 3 aromatic rings. The van der Waals surface area contributed by atoms with E-state index in [1.807, 2.05) is 19.2 Å². The van der Waals surface area contributed by atoms with Gasteiger partial charge >= 0.3 is 0 Å². The summed E-state index contributed by atoms with van der Waals surface area (Å²) in [4.78, 5) is 46.6. The van der Waals surface area contributed by atoms with E-state index >= 15 is 0 Å². The first-order valence-corrected chi connectivity index (χ1v) is 8.93. The van der Waals surface area contributed by atoms with Gasteiger partial charge in [0.2, 0.25) is 11.8 Å². The van der Waals surface area contributed by atoms with Crippen molar-refractivity contribution in [1.29, 1.82) is 0 Å². The van der Waals surface area contributed by atoms with E-state index in [1.165, 1.54) is 11.2 Å². The Kier molecular flexibility index (Phi) is 3.51. The zero-order valence-electron chi connectivity index (χ0n) is 15.0. The molecular formula is C19H16N6O3. The zero-order valence-corrected chi connectivity index (χ0v) is 15.0. The van der Waals surface area contributed by atoms with Gasteiger partial charge < -0.3 is 4.90 Å². The predicted octanol–water partition coefficient (Wildman–Crippen LogP) is 0.791. The first-order valence-electron chi connectivity index (χ1n) is 8.93. The molecule has 9 heteroatoms. The molecule has 1 saturated heterocycles. The van der Waals surface area contributed by atoms with Crippen molar-refractivity contribution in [2.45, 2.75) is 25.4 Å². The molecule has 0 saturated carbocycles. The number of amides is 3. The molecule has 2 aliphatic heterocycles. The van der Waals surface area contributed by atoms with Crippen LogP contribution in [-0.2, 0) is 23.2 Å². The van der Waals surface area contributed by atoms with Gasteiger partial charge in [-0.05, 0) is 24.1 Å². The van der Waals surface area contributed by atoms with E-state index in [4.69, 9.17) is 0 Å². The number of imide groups is 1. The molecule has 140 valence electrons. The van der Waals surface area contributed by atoms with Gasteiger partial charge in [0.25, 0.3) is 5.91 Å². The number of aromatic nitrogens is 4. The third-order valence-corrected chi connectivity index (χ3v) is 5.32. The lowest BCUT2D eigenvalue weighted by atomic mass is 10.0. The van der Waals surface area contributed by atoms with Crippen LogP contribution in [0.1, 0.15) is 28.8 Å². The molecule has 0 bridgehead atoms. The van der Waals surface area contributed by atoms with Gasteiger partial charge in [-0.15, -0.1) is 0 Å². The summed E-state index contributed by atoms with van der Waals surface area (Å²) in [7, 11) is 1.83. The largest absolute Gasteiger partial charge is 0.322 e. The van der Waals surface area contributed by atoms with E-state index in [0.29, 0.717) is 18.5 Å². The van der Waals surface area contributed by atoms with Crippen LogP contribution >= 0.6 is 0 Å². The Labute approximate surface area is 159 Å². The molecule has 2 aromatic heterocycles. The standard InChI is InChI=1S/C19H16N6O3/c1-24-17-13(7-22-24)20-9-21-16(17)10-2-3-12-11(6-10)8-25(19(12)28)14-4-5-15(26)23-18(14)27/h2-3,6-7,9,14H,4-5,8H2,1H3,(H,23,26,27). The molecule has 1 unspecified atom stereocenters. The third-order valence-electron chi connectivity index (χ3n) is 5.32. The van der Waals surface area contributed by atoms with Crippen LogP contribution in [0.5, 0.6) is 0 Å². The summed E-state index contributed by atoms with van der Waals surface area (Å²) in [6, 6.07) is 4.92. The lowest BCUT2D eigenvalue weighted by molar-refractivity contribution is -0.136. The van der Waals surface area contributed by atoms with Crippen molar-refractivity contribution >= 4 is 28.8 Å². The van der Waals surface area contributed by atoms with Gasteiger partial charge in [0.1, 0.15) is 23.4 Å². The maximum absolute atomic E-state index is 12.8. The molecule has 9 nitrogen and oxygen atoms in total. The number of hydrogen-bond donors (Lipinski definition) is 1. The average molecular weight is 376 g/mol. The Hall–Kier alpha value is -3.62. The molecule has 0 aliphatic carbocycles. The van der Waals surface area contributed by atoms with Crippen molar-refractivity contribution in [2.75, 3.05) is 0 Å². The van der Waals surface area contributed by atoms with Crippen molar-refractivity contribution in [2.24, 2.45) is 7.05 Å². The SMILES string of the molecule is Cn1ncc2ncnc(-c3ccc4c(c3)CN(C3CCC(=O)NC3=O)C4=O)c21. The second-order valence-corrected chi connectivity index (χ2v) is 7.00. The molecule has 3 amide bonds. The van der Waals surface area contributed by atoms with Crippen molar-refractivity contribution in [1.82, 2.24) is 30.0 Å². The smallest absolute Gasteiger partial charge is 0.255 e. The fourth-order valence-electron chi connectivity index (χ4n) is 3.94. The number of nitrogens with one attached hydrogen (secondary N) is 1. The molecule has 1 atom stereocenters. The second-order valence-electron chi connectivity index (χ2n) is 7.00. The van der Waals surface area contributed by atoms with Gasteiger partial charge in [-0.3, -0.25) is 24.4 Å². The van der Waals surface area contributed by atoms with Crippen LogP contribution in [0.4, 0.5) is 0 Å². The van der Waals surface area contributed by atoms with E-state index in [-0.39, 0.29) is 18.2 Å². The Morgan fingerprint density at radius 2 is 2.04 bits per heavy atom. The molecular weight excluding hydrogens is 360 g/mol. The molecule has 5 rings (SSSR count). The Morgan fingerprint density at radius 3 is 2.86 bits per heavy atom. The van der Waals surface area contributed by atoms with E-state index in [9.17, 15) is 14.4 Å². The fraction of sp³-hybridized carbons (Fsp3) is 0.263. The number of nitrogens with zero attached hydrogens (tertiary/aromatic N) is 5. The Bertz CT molecular complexity index is 1170. The van der Waals surface area contributed by atoms with Crippen LogP contribution in [0.3, 0.4) is 0 Å². The third kappa shape index (κ3) is 2.39. The molecule has 4 heterocycles. The molecule has 2 aliphatic rings. The average Bonchev–Trinajstić information content (AvgIpc) is 3.22. The topological polar surface area (TPSA) is 110 Å². The quantitative estimate of drug-likeness (QED) is 0.662. The summed E-state index contributed by atoms with van der Waals surface area (Å²) in [5.41, 5.74) is 4.56. The number of rotatable bonds is 2. The lowest BCUT2D eigenvalue weighted by Crippen LogP contribution is -2.52. The summed E-state index contributed by atoms with van der Waals surface area (Å²) in [5.74, 6) is -0.897. The number of hydrogen-bond acceptors (Lipinski definition) is 6. The monoisotopic (exact) mass is 376 g/mol. The molecule has 28 heavy (non-hydrogen) atoms. The van der Waals surface area contributed by atoms with Crippen molar-refractivity contribution < 1.29 is 14.4 Å². The first-order chi connectivity index (χ1) is 13.5. The van der Waals surface area contributed by atoms with Gasteiger partial charge in [-0.2, -0.15) is 5.10 Å². The van der Waals surface area contributed by atoms with E-state index in [2.05, 4.69) is 20.4 Å². The maximum Gasteiger partial charge on any atom is 0.255 e. The summed E-state index contributed by atoms with van der Waals surface area (Å²) in [6.07, 6.45) is 3.76. The second kappa shape index (κ2) is 5.95. The number of benzene rings is 1. The number of piperidine rings is 1. The number of carbonyl (C=O) groups excluding carboxylic acids is 3. The van der Waals surface area contributed by atoms with Crippen LogP contribution in [0.15, 0.2) is 30.7 Å². The van der Waals surface area contributed by atoms with Crippen LogP contribution in [0, 0.1) is 0 Å². The van der Waals surface area contributed by atoms with Crippen LogP contribution in [0.25, 0.3) is 22.3 Å². The van der Waals surface area contributed by atoms with E-state index in [1.54, 1.807) is 16.9 Å². The van der Waals surface area contributed by atoms with Gasteiger partial charge in [0.15, 0.2) is 0 Å². The minimum Gasteiger partial charge on any atom is -0.322 e. The van der Waals surface area contributed by atoms with Crippen LogP contribution in [-0.4, -0.2) is 48.4 Å². The summed E-state index contributed by atoms with van der Waals surface area (Å²) < 4.78 is 1.72. The highest BCUT2D eigenvalue weighted by Gasteiger charge is 2.39. The number of carbonyl (C=O) groups is 3. The summed E-state index contributed by atoms with van der Waals surface area (Å²) in [5, 5.41) is 6.55. The fourth-order valence-corrected chi connectivity index (χ4v) is 3.94. The van der Waals surface area contributed by atoms with Gasteiger partial charge in [-0.1, -0.05) is 6.07 Å². The van der Waals surface area contributed by atoms with Crippen LogP contribution < -0.4 is 5.32 Å². The first kappa shape index (κ1) is 16.5. The van der Waals surface area contributed by atoms with Crippen LogP contribution in [0.2, 0.25) is 0 Å². The Balaban J connectivity index is 1.52. The van der Waals surface area contributed by atoms with E-state index < -0.39 is 11.9 Å². The number of aryl methyl sites for hydroxylation is 1. The Morgan fingerprint density at radius 1 is 1.18 bits per heavy atom. The van der Waals surface area contributed by atoms with Crippen molar-refractivity contribution in [3.8, 4) is 11.3 Å². The summed E-state index contributed by atoms with van der Waals surface area (Å²) >= 11 is 0. The minimum absolute atomic E-state index is 0.190. The highest BCUT2D eigenvalue weighted by Crippen LogP contribution is 2.32.